The van der Waals surface area contributed by atoms with Gasteiger partial charge < -0.3 is 24.3 Å². The monoisotopic (exact) mass is 721 g/mol. The maximum atomic E-state index is 17.1. The van der Waals surface area contributed by atoms with E-state index in [4.69, 9.17) is 9.72 Å². The predicted molar refractivity (Wildman–Crippen MR) is 191 cm³/mol. The summed E-state index contributed by atoms with van der Waals surface area (Å²) in [6, 6.07) is 6.84. The molecular formula is C37H43F4N9O2. The minimum atomic E-state index is -4.95. The van der Waals surface area contributed by atoms with Crippen LogP contribution in [-0.2, 0) is 11.0 Å². The van der Waals surface area contributed by atoms with Crippen LogP contribution in [0.3, 0.4) is 0 Å². The number of benzene rings is 2. The third kappa shape index (κ3) is 6.54. The molecule has 15 heteroatoms. The van der Waals surface area contributed by atoms with Crippen molar-refractivity contribution in [2.24, 2.45) is 0 Å². The Balaban J connectivity index is 1.55. The summed E-state index contributed by atoms with van der Waals surface area (Å²) in [5.41, 5.74) is -1.31. The molecule has 0 unspecified atom stereocenters. The number of nitrogens with zero attached hydrogens (tertiary/aromatic N) is 9. The number of alkyl halides is 3. The summed E-state index contributed by atoms with van der Waals surface area (Å²) in [5, 5.41) is 18.6. The first kappa shape index (κ1) is 37.0. The summed E-state index contributed by atoms with van der Waals surface area (Å²) in [6.07, 6.45) is -0.950. The van der Waals surface area contributed by atoms with E-state index in [9.17, 15) is 10.1 Å². The lowest BCUT2D eigenvalue weighted by molar-refractivity contribution is -0.137. The molecule has 11 nitrogen and oxygen atoms in total. The number of pyridine rings is 1. The quantitative estimate of drug-likeness (QED) is 0.156. The molecule has 52 heavy (non-hydrogen) atoms. The number of aromatic nitrogens is 4. The Morgan fingerprint density at radius 3 is 2.56 bits per heavy atom. The van der Waals surface area contributed by atoms with E-state index in [2.05, 4.69) is 28.2 Å². The zero-order chi connectivity index (χ0) is 37.7. The van der Waals surface area contributed by atoms with Crippen molar-refractivity contribution in [2.75, 3.05) is 66.4 Å². The van der Waals surface area contributed by atoms with Gasteiger partial charge in [-0.25, -0.2) is 14.1 Å². The van der Waals surface area contributed by atoms with E-state index in [0.29, 0.717) is 43.9 Å². The molecule has 1 amide bonds. The summed E-state index contributed by atoms with van der Waals surface area (Å²) in [7, 11) is 9.04. The molecule has 2 aromatic carbocycles. The molecule has 2 aliphatic rings. The van der Waals surface area contributed by atoms with Crippen LogP contribution in [0.2, 0.25) is 0 Å². The molecule has 0 bridgehead atoms. The van der Waals surface area contributed by atoms with E-state index in [-0.39, 0.29) is 57.7 Å². The molecule has 2 fully saturated rings. The molecule has 0 spiro atoms. The summed E-state index contributed by atoms with van der Waals surface area (Å²) >= 11 is 0. The number of fused-ring (bicyclic) bond motifs is 3. The number of ether oxygens (including phenoxy) is 1. The van der Waals surface area contributed by atoms with Gasteiger partial charge in [0.05, 0.1) is 36.7 Å². The number of likely N-dealkylation sites (N-methyl/N-ethyl adjacent to an activating group) is 2. The fourth-order valence-corrected chi connectivity index (χ4v) is 7.38. The third-order valence-corrected chi connectivity index (χ3v) is 10.4. The molecule has 0 aliphatic carbocycles. The number of carbonyl (C=O) groups excluding carboxylic acids is 1. The summed E-state index contributed by atoms with van der Waals surface area (Å²) in [6.45, 7) is 5.66. The molecule has 2 atom stereocenters. The number of anilines is 1. The lowest BCUT2D eigenvalue weighted by Gasteiger charge is -2.52. The number of methoxy groups -OCH3 is 1. The van der Waals surface area contributed by atoms with Crippen molar-refractivity contribution in [1.82, 2.24) is 34.7 Å². The Labute approximate surface area is 300 Å². The lowest BCUT2D eigenvalue weighted by atomic mass is 9.90. The smallest absolute Gasteiger partial charge is 0.417 e. The molecule has 4 heterocycles. The first-order valence-corrected chi connectivity index (χ1v) is 17.1. The number of hydrogen-bond acceptors (Lipinski definition) is 9. The third-order valence-electron chi connectivity index (χ3n) is 10.4. The van der Waals surface area contributed by atoms with Crippen molar-refractivity contribution in [2.45, 2.75) is 56.9 Å². The average Bonchev–Trinajstić information content (AvgIpc) is 3.51. The lowest BCUT2D eigenvalue weighted by Crippen LogP contribution is -2.67. The van der Waals surface area contributed by atoms with Gasteiger partial charge in [0.15, 0.2) is 17.2 Å². The zero-order valence-electron chi connectivity index (χ0n) is 30.4. The fraction of sp³-hybridized carbons (Fsp3) is 0.486. The van der Waals surface area contributed by atoms with Crippen molar-refractivity contribution in [3.8, 4) is 22.9 Å². The number of aryl methyl sites for hydroxylation is 1. The second-order valence-corrected chi connectivity index (χ2v) is 14.5. The number of rotatable bonds is 9. The van der Waals surface area contributed by atoms with Gasteiger partial charge in [-0.2, -0.15) is 18.4 Å². The minimum absolute atomic E-state index is 0.0375. The van der Waals surface area contributed by atoms with Gasteiger partial charge in [0, 0.05) is 54.8 Å². The zero-order valence-corrected chi connectivity index (χ0v) is 30.4. The Bertz CT molecular complexity index is 2080. The summed E-state index contributed by atoms with van der Waals surface area (Å²) < 4.78 is 69.2. The number of para-hydroxylation sites is 1. The van der Waals surface area contributed by atoms with E-state index < -0.39 is 35.2 Å². The number of likely N-dealkylation sites (tertiary alicyclic amines) is 1. The minimum Gasteiger partial charge on any atom is -0.496 e. The van der Waals surface area contributed by atoms with Gasteiger partial charge >= 0.3 is 6.18 Å². The van der Waals surface area contributed by atoms with E-state index >= 15 is 17.6 Å². The summed E-state index contributed by atoms with van der Waals surface area (Å²) in [5.74, 6) is -0.905. The number of halogens is 4. The van der Waals surface area contributed by atoms with Gasteiger partial charge in [-0.15, -0.1) is 5.10 Å². The van der Waals surface area contributed by atoms with Crippen LogP contribution >= 0.6 is 0 Å². The first-order chi connectivity index (χ1) is 24.6. The topological polar surface area (TPSA) is 107 Å². The van der Waals surface area contributed by atoms with Crippen LogP contribution < -0.4 is 9.64 Å². The molecule has 6 rings (SSSR count). The van der Waals surface area contributed by atoms with Gasteiger partial charge in [0.2, 0.25) is 5.91 Å². The van der Waals surface area contributed by atoms with Crippen molar-refractivity contribution in [1.29, 1.82) is 5.26 Å². The van der Waals surface area contributed by atoms with E-state index in [1.807, 2.05) is 38.0 Å². The van der Waals surface area contributed by atoms with Crippen LogP contribution in [0.1, 0.15) is 43.4 Å². The molecule has 0 radical (unpaired) electrons. The maximum absolute atomic E-state index is 17.1. The van der Waals surface area contributed by atoms with E-state index in [1.165, 1.54) is 19.3 Å². The maximum Gasteiger partial charge on any atom is 0.417 e. The van der Waals surface area contributed by atoms with Gasteiger partial charge in [0.1, 0.15) is 16.8 Å². The fourth-order valence-electron chi connectivity index (χ4n) is 7.38. The first-order valence-electron chi connectivity index (χ1n) is 17.1. The molecule has 4 aromatic rings. The van der Waals surface area contributed by atoms with Gasteiger partial charge in [-0.3, -0.25) is 4.79 Å². The van der Waals surface area contributed by atoms with Crippen molar-refractivity contribution in [3.05, 3.63) is 53.4 Å². The Morgan fingerprint density at radius 1 is 1.19 bits per heavy atom. The van der Waals surface area contributed by atoms with Gasteiger partial charge in [-0.05, 0) is 66.5 Å². The second kappa shape index (κ2) is 14.0. The molecule has 2 aliphatic heterocycles. The number of hydrogen-bond donors (Lipinski definition) is 0. The number of piperidine rings is 1. The normalized spacial score (nSPS) is 19.2. The number of amides is 1. The van der Waals surface area contributed by atoms with Crippen molar-refractivity contribution in [3.63, 3.8) is 0 Å². The highest BCUT2D eigenvalue weighted by Crippen LogP contribution is 2.47. The molecule has 2 aromatic heterocycles. The standard InChI is InChI=1S/C37H43F4N9O2/c1-22-10-8-11-25(34(22)52-7)29-27(37(39,40)41)19-26-31(30(29)38)43-35(48-20-36(2,21-48)47(5)6)32-33(26)50(45-44-32)24-14-17-49(23(18-24)13-15-42)28(51)12-9-16-46(3)4/h8-12,19,23-24H,13-14,16-18,20-21H2,1-7H3/b12-9+/t23-,24+/m1/s1. The predicted octanol–water partition coefficient (Wildman–Crippen LogP) is 5.83. The largest absolute Gasteiger partial charge is 0.496 e. The molecule has 0 N–H and O–H groups in total. The highest BCUT2D eigenvalue weighted by molar-refractivity contribution is 6.08. The molecule has 0 saturated carbocycles. The number of nitriles is 1. The van der Waals surface area contributed by atoms with E-state index in [1.54, 1.807) is 34.7 Å². The van der Waals surface area contributed by atoms with Crippen LogP contribution in [0.25, 0.3) is 33.1 Å². The van der Waals surface area contributed by atoms with Gasteiger partial charge in [-0.1, -0.05) is 29.5 Å². The van der Waals surface area contributed by atoms with Crippen LogP contribution in [0.4, 0.5) is 23.4 Å². The Morgan fingerprint density at radius 2 is 1.92 bits per heavy atom. The van der Waals surface area contributed by atoms with Crippen LogP contribution in [-0.4, -0.2) is 114 Å². The molecular weight excluding hydrogens is 678 g/mol. The van der Waals surface area contributed by atoms with Crippen LogP contribution in [0.5, 0.6) is 5.75 Å². The Hall–Kier alpha value is -4.81. The highest BCUT2D eigenvalue weighted by atomic mass is 19.4. The number of carbonyl (C=O) groups is 1. The highest BCUT2D eigenvalue weighted by Gasteiger charge is 2.44. The van der Waals surface area contributed by atoms with Gasteiger partial charge in [0.25, 0.3) is 0 Å². The SMILES string of the molecule is COc1c(C)cccc1-c1c(C(F)(F)F)cc2c(nc(N3CC(C)(N(C)C)C3)c3nnn([C@H]4CCN(C(=O)/C=C/CN(C)C)[C@H](CC#N)C4)c32)c1F. The van der Waals surface area contributed by atoms with Crippen LogP contribution in [0.15, 0.2) is 36.4 Å². The average molecular weight is 722 g/mol. The summed E-state index contributed by atoms with van der Waals surface area (Å²) in [4.78, 5) is 25.5. The second-order valence-electron chi connectivity index (χ2n) is 14.5. The van der Waals surface area contributed by atoms with Crippen molar-refractivity contribution < 1.29 is 27.1 Å². The molecule has 2 saturated heterocycles. The van der Waals surface area contributed by atoms with Crippen molar-refractivity contribution >= 4 is 33.7 Å². The van der Waals surface area contributed by atoms with Crippen LogP contribution in [0, 0.1) is 24.1 Å². The Kier molecular flexibility index (Phi) is 9.93. The van der Waals surface area contributed by atoms with E-state index in [0.717, 1.165) is 6.07 Å². The molecule has 276 valence electrons.